The Balaban J connectivity index is 2.43. The maximum absolute atomic E-state index is 11.7. The summed E-state index contributed by atoms with van der Waals surface area (Å²) in [5, 5.41) is 8.61. The Morgan fingerprint density at radius 3 is 2.46 bits per heavy atom. The summed E-state index contributed by atoms with van der Waals surface area (Å²) in [6.45, 7) is 3.46. The van der Waals surface area contributed by atoms with Crippen molar-refractivity contribution in [1.82, 2.24) is 0 Å². The van der Waals surface area contributed by atoms with E-state index in [-0.39, 0.29) is 39.3 Å². The molecule has 0 aromatic heterocycles. The molecule has 0 aliphatic rings. The Hall–Kier alpha value is -2.87. The molecule has 1 unspecified atom stereocenters. The number of para-hydroxylation sites is 1. The van der Waals surface area contributed by atoms with E-state index in [4.69, 9.17) is 24.1 Å². The smallest absolute Gasteiger partial charge is 0.330 e. The van der Waals surface area contributed by atoms with Crippen molar-refractivity contribution in [2.75, 3.05) is 26.4 Å². The van der Waals surface area contributed by atoms with Gasteiger partial charge < -0.3 is 24.1 Å². The largest absolute Gasteiger partial charge is 0.490 e. The van der Waals surface area contributed by atoms with E-state index in [0.717, 1.165) is 6.08 Å². The van der Waals surface area contributed by atoms with Crippen LogP contribution in [0.4, 0.5) is 0 Å². The first-order valence-electron chi connectivity index (χ1n) is 7.97. The van der Waals surface area contributed by atoms with Crippen molar-refractivity contribution in [2.24, 2.45) is 0 Å². The second-order valence-electron chi connectivity index (χ2n) is 5.08. The van der Waals surface area contributed by atoms with Gasteiger partial charge in [0.2, 0.25) is 0 Å². The lowest BCUT2D eigenvalue weighted by Gasteiger charge is -2.18. The van der Waals surface area contributed by atoms with Crippen LogP contribution in [0.3, 0.4) is 0 Å². The number of hydrogen-bond donors (Lipinski definition) is 1. The van der Waals surface area contributed by atoms with Gasteiger partial charge in [0, 0.05) is 6.08 Å². The van der Waals surface area contributed by atoms with Crippen molar-refractivity contribution in [1.29, 1.82) is 0 Å². The van der Waals surface area contributed by atoms with E-state index in [2.05, 4.69) is 6.58 Å². The zero-order chi connectivity index (χ0) is 19.2. The average Bonchev–Trinajstić information content (AvgIpc) is 2.64. The Kier molecular flexibility index (Phi) is 10.2. The molecule has 1 aromatic rings. The summed E-state index contributed by atoms with van der Waals surface area (Å²) in [6, 6.07) is 8.93. The summed E-state index contributed by atoms with van der Waals surface area (Å²) < 4.78 is 20.8. The van der Waals surface area contributed by atoms with E-state index in [1.54, 1.807) is 24.3 Å². The van der Waals surface area contributed by atoms with Gasteiger partial charge in [-0.05, 0) is 12.1 Å². The molecule has 0 saturated heterocycles. The Bertz CT molecular complexity index is 584. The number of hydrogen-bond acceptors (Lipinski definition) is 7. The van der Waals surface area contributed by atoms with Gasteiger partial charge in [0.1, 0.15) is 19.0 Å². The van der Waals surface area contributed by atoms with E-state index in [0.29, 0.717) is 5.75 Å². The van der Waals surface area contributed by atoms with Gasteiger partial charge in [-0.15, -0.1) is 0 Å². The molecule has 26 heavy (non-hydrogen) atoms. The first-order chi connectivity index (χ1) is 12.5. The summed E-state index contributed by atoms with van der Waals surface area (Å²) in [5.74, 6) is -1.70. The fourth-order valence-corrected chi connectivity index (χ4v) is 1.75. The molecule has 1 N–H and O–H groups in total. The molecule has 0 spiro atoms. The zero-order valence-electron chi connectivity index (χ0n) is 14.3. The monoisotopic (exact) mass is 366 g/mol. The van der Waals surface area contributed by atoms with Crippen molar-refractivity contribution >= 4 is 17.9 Å². The van der Waals surface area contributed by atoms with E-state index in [1.807, 2.05) is 6.07 Å². The molecular weight excluding hydrogens is 344 g/mol. The van der Waals surface area contributed by atoms with Crippen LogP contribution in [0.15, 0.2) is 43.0 Å². The standard InChI is InChI=1S/C18H22O8/c1-2-17(21)24-11-10-23-12-15(26-18(22)9-8-16(19)20)13-25-14-6-4-3-5-7-14/h2-7,15H,1,8-13H2,(H,19,20). The van der Waals surface area contributed by atoms with Gasteiger partial charge in [-0.3, -0.25) is 9.59 Å². The molecule has 0 saturated carbocycles. The van der Waals surface area contributed by atoms with Gasteiger partial charge in [-0.1, -0.05) is 24.8 Å². The normalized spacial score (nSPS) is 11.2. The number of aliphatic carboxylic acids is 1. The van der Waals surface area contributed by atoms with Crippen LogP contribution >= 0.6 is 0 Å². The van der Waals surface area contributed by atoms with Crippen LogP contribution in [0.1, 0.15) is 12.8 Å². The maximum Gasteiger partial charge on any atom is 0.330 e. The number of carboxylic acid groups (broad SMARTS) is 1. The predicted octanol–water partition coefficient (Wildman–Crippen LogP) is 1.59. The number of esters is 2. The van der Waals surface area contributed by atoms with E-state index in [9.17, 15) is 14.4 Å². The molecule has 0 amide bonds. The number of carbonyl (C=O) groups excluding carboxylic acids is 2. The number of benzene rings is 1. The second-order valence-corrected chi connectivity index (χ2v) is 5.08. The summed E-state index contributed by atoms with van der Waals surface area (Å²) in [5.41, 5.74) is 0. The van der Waals surface area contributed by atoms with Crippen LogP contribution in [0.25, 0.3) is 0 Å². The van der Waals surface area contributed by atoms with Crippen LogP contribution in [0.5, 0.6) is 5.75 Å². The van der Waals surface area contributed by atoms with Crippen LogP contribution in [-0.4, -0.2) is 55.5 Å². The van der Waals surface area contributed by atoms with E-state index >= 15 is 0 Å². The number of carbonyl (C=O) groups is 3. The third kappa shape index (κ3) is 10.1. The molecular formula is C18H22O8. The maximum atomic E-state index is 11.7. The molecule has 0 fully saturated rings. The average molecular weight is 366 g/mol. The summed E-state index contributed by atoms with van der Waals surface area (Å²) in [7, 11) is 0. The Morgan fingerprint density at radius 2 is 1.81 bits per heavy atom. The molecule has 1 atom stereocenters. The highest BCUT2D eigenvalue weighted by atomic mass is 16.6. The number of carboxylic acids is 1. The van der Waals surface area contributed by atoms with Crippen molar-refractivity contribution in [3.8, 4) is 5.75 Å². The molecule has 1 aromatic carbocycles. The molecule has 8 nitrogen and oxygen atoms in total. The van der Waals surface area contributed by atoms with Gasteiger partial charge in [0.05, 0.1) is 26.1 Å². The van der Waals surface area contributed by atoms with Gasteiger partial charge in [0.15, 0.2) is 6.10 Å². The SMILES string of the molecule is C=CC(=O)OCCOCC(COc1ccccc1)OC(=O)CCC(=O)O. The van der Waals surface area contributed by atoms with Crippen LogP contribution in [0.2, 0.25) is 0 Å². The van der Waals surface area contributed by atoms with Crippen LogP contribution in [-0.2, 0) is 28.6 Å². The highest BCUT2D eigenvalue weighted by molar-refractivity contribution is 5.81. The predicted molar refractivity (Wildman–Crippen MR) is 90.7 cm³/mol. The molecule has 0 heterocycles. The Labute approximate surface area is 151 Å². The zero-order valence-corrected chi connectivity index (χ0v) is 14.3. The minimum absolute atomic E-state index is 0.0112. The van der Waals surface area contributed by atoms with Crippen LogP contribution < -0.4 is 4.74 Å². The first-order valence-corrected chi connectivity index (χ1v) is 7.97. The second kappa shape index (κ2) is 12.5. The summed E-state index contributed by atoms with van der Waals surface area (Å²) >= 11 is 0. The van der Waals surface area contributed by atoms with Gasteiger partial charge in [0.25, 0.3) is 0 Å². The quantitative estimate of drug-likeness (QED) is 0.318. The number of rotatable bonds is 13. The topological polar surface area (TPSA) is 108 Å². The molecule has 0 aliphatic heterocycles. The fourth-order valence-electron chi connectivity index (χ4n) is 1.75. The minimum Gasteiger partial charge on any atom is -0.490 e. The van der Waals surface area contributed by atoms with Gasteiger partial charge in [-0.2, -0.15) is 0 Å². The fraction of sp³-hybridized carbons (Fsp3) is 0.389. The molecule has 1 rings (SSSR count). The summed E-state index contributed by atoms with van der Waals surface area (Å²) in [6.07, 6.45) is -0.246. The molecule has 142 valence electrons. The third-order valence-corrected chi connectivity index (χ3v) is 2.96. The van der Waals surface area contributed by atoms with Gasteiger partial charge in [-0.25, -0.2) is 4.79 Å². The van der Waals surface area contributed by atoms with Crippen molar-refractivity contribution in [3.05, 3.63) is 43.0 Å². The molecule has 0 bridgehead atoms. The van der Waals surface area contributed by atoms with E-state index in [1.165, 1.54) is 0 Å². The van der Waals surface area contributed by atoms with Crippen molar-refractivity contribution in [2.45, 2.75) is 18.9 Å². The lowest BCUT2D eigenvalue weighted by Crippen LogP contribution is -2.30. The lowest BCUT2D eigenvalue weighted by molar-refractivity contribution is -0.156. The van der Waals surface area contributed by atoms with Crippen molar-refractivity contribution in [3.63, 3.8) is 0 Å². The minimum atomic E-state index is -1.08. The van der Waals surface area contributed by atoms with E-state index < -0.39 is 24.0 Å². The lowest BCUT2D eigenvalue weighted by atomic mass is 10.3. The van der Waals surface area contributed by atoms with Crippen LogP contribution in [0, 0.1) is 0 Å². The Morgan fingerprint density at radius 1 is 1.08 bits per heavy atom. The van der Waals surface area contributed by atoms with Crippen molar-refractivity contribution < 1.29 is 38.4 Å². The highest BCUT2D eigenvalue weighted by Gasteiger charge is 2.17. The number of ether oxygens (including phenoxy) is 4. The molecule has 0 aliphatic carbocycles. The molecule has 8 heteroatoms. The van der Waals surface area contributed by atoms with Gasteiger partial charge >= 0.3 is 17.9 Å². The molecule has 0 radical (unpaired) electrons. The third-order valence-electron chi connectivity index (χ3n) is 2.96. The summed E-state index contributed by atoms with van der Waals surface area (Å²) in [4.78, 5) is 33.1. The highest BCUT2D eigenvalue weighted by Crippen LogP contribution is 2.10. The first kappa shape index (κ1) is 21.2.